The van der Waals surface area contributed by atoms with Gasteiger partial charge in [0.1, 0.15) is 78.8 Å². The molecule has 0 unspecified atom stereocenters. The second kappa shape index (κ2) is 19.1. The predicted octanol–water partition coefficient (Wildman–Crippen LogP) is -4.28. The standard InChI is InChI=1S/C47H70O23/c1-16-11-64-47(39(58)29(16)52)17(2)27-22-7-8-23-21(28(22)32(55)36(27)70-47)6-5-19-9-20(49)10-26(45(19,23)4)66-43-38(35(25(51)13-62-43)67-41-33(56)31(54)24(50)12-61-41)69-42-34(57)37(30(53)18(3)65-42)68-44-40(59)46(60,14-48)15-63-44/h5,16-18,20-21,23-27,29-31,33-44,48-54,56-60H,6-15H2,1-4H3/t16-,17-,18-,20-,21+,23-,24+,25-,26+,27-,29+,30-,31-,33+,34+,35-,36-,37+,38+,39-,40-,41-,42-,43-,44-,45-,46+,47-/m0/s1. The predicted molar refractivity (Wildman–Crippen MR) is 229 cm³/mol. The molecular weight excluding hydrogens is 932 g/mol. The van der Waals surface area contributed by atoms with Crippen molar-refractivity contribution in [2.75, 3.05) is 33.0 Å². The van der Waals surface area contributed by atoms with Crippen molar-refractivity contribution < 1.29 is 113 Å². The largest absolute Gasteiger partial charge is 0.393 e. The van der Waals surface area contributed by atoms with Gasteiger partial charge >= 0.3 is 0 Å². The molecule has 0 radical (unpaired) electrons. The molecule has 1 spiro atoms. The molecule has 0 aromatic rings. The third-order valence-electron chi connectivity index (χ3n) is 17.6. The van der Waals surface area contributed by atoms with Crippen LogP contribution in [0.3, 0.4) is 0 Å². The summed E-state index contributed by atoms with van der Waals surface area (Å²) in [4.78, 5) is 14.7. The van der Waals surface area contributed by atoms with Crippen LogP contribution in [0.1, 0.15) is 59.8 Å². The van der Waals surface area contributed by atoms with Gasteiger partial charge in [-0.2, -0.15) is 0 Å². The summed E-state index contributed by atoms with van der Waals surface area (Å²) in [6, 6.07) is 0. The highest BCUT2D eigenvalue weighted by Crippen LogP contribution is 2.64. The highest BCUT2D eigenvalue weighted by Gasteiger charge is 2.68. The van der Waals surface area contributed by atoms with Crippen LogP contribution in [0.15, 0.2) is 22.8 Å². The van der Waals surface area contributed by atoms with Crippen LogP contribution in [-0.2, 0) is 52.2 Å². The topological polar surface area (TPSA) is 352 Å². The number of carbonyl (C=O) groups excluding carboxylic acids is 1. The van der Waals surface area contributed by atoms with E-state index in [-0.39, 0.29) is 42.5 Å². The van der Waals surface area contributed by atoms with Gasteiger partial charge in [0.25, 0.3) is 0 Å². The number of rotatable bonds is 9. The molecule has 10 aliphatic rings. The quantitative estimate of drug-likeness (QED) is 0.0973. The molecule has 23 heteroatoms. The first-order valence-corrected chi connectivity index (χ1v) is 24.7. The minimum absolute atomic E-state index is 0.0849. The Morgan fingerprint density at radius 3 is 2.17 bits per heavy atom. The second-order valence-corrected chi connectivity index (χ2v) is 21.7. The van der Waals surface area contributed by atoms with Crippen LogP contribution in [0.5, 0.6) is 0 Å². The van der Waals surface area contributed by atoms with E-state index in [1.165, 1.54) is 6.92 Å². The maximum Gasteiger partial charge on any atom is 0.201 e. The van der Waals surface area contributed by atoms with Crippen molar-refractivity contribution in [1.29, 1.82) is 0 Å². The van der Waals surface area contributed by atoms with E-state index in [2.05, 4.69) is 0 Å². The summed E-state index contributed by atoms with van der Waals surface area (Å²) in [6.07, 6.45) is -25.2. The zero-order chi connectivity index (χ0) is 50.1. The summed E-state index contributed by atoms with van der Waals surface area (Å²) in [5, 5.41) is 131. The lowest BCUT2D eigenvalue weighted by Crippen LogP contribution is -2.65. The monoisotopic (exact) mass is 1000 g/mol. The molecule has 10 rings (SSSR count). The van der Waals surface area contributed by atoms with Gasteiger partial charge in [0.05, 0.1) is 57.5 Å². The molecule has 0 aromatic carbocycles. The number of aliphatic hydroxyl groups is 12. The minimum Gasteiger partial charge on any atom is -0.393 e. The zero-order valence-corrected chi connectivity index (χ0v) is 39.4. The number of Topliss-reactive ketones (excluding diaryl/α,β-unsaturated/α-hetero) is 1. The van der Waals surface area contributed by atoms with Crippen LogP contribution in [0.2, 0.25) is 0 Å². The van der Waals surface area contributed by atoms with E-state index in [1.54, 1.807) is 6.92 Å². The van der Waals surface area contributed by atoms with Gasteiger partial charge in [-0.05, 0) is 44.4 Å². The fourth-order valence-corrected chi connectivity index (χ4v) is 13.4. The van der Waals surface area contributed by atoms with Crippen LogP contribution >= 0.6 is 0 Å². The van der Waals surface area contributed by atoms with Crippen molar-refractivity contribution in [3.8, 4) is 0 Å². The Kier molecular flexibility index (Phi) is 14.1. The van der Waals surface area contributed by atoms with Gasteiger partial charge in [0.15, 0.2) is 30.9 Å². The van der Waals surface area contributed by atoms with E-state index >= 15 is 0 Å². The molecule has 28 atom stereocenters. The maximum atomic E-state index is 14.7. The molecule has 1 saturated carbocycles. The van der Waals surface area contributed by atoms with Crippen LogP contribution < -0.4 is 0 Å². The minimum atomic E-state index is -2.10. The smallest absolute Gasteiger partial charge is 0.201 e. The lowest BCUT2D eigenvalue weighted by Gasteiger charge is -2.57. The van der Waals surface area contributed by atoms with Gasteiger partial charge in [-0.3, -0.25) is 4.79 Å². The average molecular weight is 1000 g/mol. The van der Waals surface area contributed by atoms with Gasteiger partial charge in [0, 0.05) is 35.2 Å². The molecule has 7 fully saturated rings. The average Bonchev–Trinajstić information content (AvgIpc) is 3.91. The van der Waals surface area contributed by atoms with Crippen LogP contribution in [0.25, 0.3) is 0 Å². The molecule has 23 nitrogen and oxygen atoms in total. The van der Waals surface area contributed by atoms with Crippen molar-refractivity contribution in [2.45, 2.75) is 194 Å². The number of carbonyl (C=O) groups is 1. The Bertz CT molecular complexity index is 2010. The van der Waals surface area contributed by atoms with E-state index in [9.17, 15) is 66.1 Å². The molecule has 6 heterocycles. The lowest BCUT2D eigenvalue weighted by atomic mass is 9.51. The molecule has 6 saturated heterocycles. The van der Waals surface area contributed by atoms with E-state index in [4.69, 9.17) is 47.4 Å². The number of hydrogen-bond donors (Lipinski definition) is 12. The van der Waals surface area contributed by atoms with Crippen molar-refractivity contribution in [3.63, 3.8) is 0 Å². The lowest BCUT2D eigenvalue weighted by molar-refractivity contribution is -0.387. The van der Waals surface area contributed by atoms with Gasteiger partial charge in [-0.1, -0.05) is 38.0 Å². The number of fused-ring (bicyclic) bond motifs is 6. The summed E-state index contributed by atoms with van der Waals surface area (Å²) in [5.74, 6) is -3.41. The van der Waals surface area contributed by atoms with Crippen LogP contribution in [-0.4, -0.2) is 234 Å². The Balaban J connectivity index is 0.943. The highest BCUT2D eigenvalue weighted by atomic mass is 16.8. The van der Waals surface area contributed by atoms with Crippen molar-refractivity contribution in [1.82, 2.24) is 0 Å². The fourth-order valence-electron chi connectivity index (χ4n) is 13.4. The zero-order valence-electron chi connectivity index (χ0n) is 39.4. The van der Waals surface area contributed by atoms with Crippen molar-refractivity contribution in [3.05, 3.63) is 22.8 Å². The Hall–Kier alpha value is -1.73. The fraction of sp³-hybridized carbons (Fsp3) is 0.894. The Morgan fingerprint density at radius 2 is 1.44 bits per heavy atom. The molecule has 0 bridgehead atoms. The van der Waals surface area contributed by atoms with Gasteiger partial charge in [0.2, 0.25) is 5.79 Å². The molecule has 6 aliphatic heterocycles. The van der Waals surface area contributed by atoms with Gasteiger partial charge in [-0.15, -0.1) is 0 Å². The van der Waals surface area contributed by atoms with E-state index in [0.29, 0.717) is 31.3 Å². The number of ether oxygens (including phenoxy) is 10. The van der Waals surface area contributed by atoms with E-state index in [1.807, 2.05) is 19.9 Å². The molecule has 70 heavy (non-hydrogen) atoms. The summed E-state index contributed by atoms with van der Waals surface area (Å²) >= 11 is 0. The van der Waals surface area contributed by atoms with Crippen LogP contribution in [0, 0.1) is 35.0 Å². The second-order valence-electron chi connectivity index (χ2n) is 21.7. The first-order chi connectivity index (χ1) is 33.1. The summed E-state index contributed by atoms with van der Waals surface area (Å²) < 4.78 is 61.2. The molecular formula is C47H70O23. The molecule has 0 aromatic heterocycles. The Labute approximate surface area is 403 Å². The Morgan fingerprint density at radius 1 is 0.743 bits per heavy atom. The first kappa shape index (κ1) is 51.7. The molecule has 4 aliphatic carbocycles. The van der Waals surface area contributed by atoms with E-state index in [0.717, 1.165) is 11.1 Å². The normalized spacial score (nSPS) is 55.8. The highest BCUT2D eigenvalue weighted by molar-refractivity contribution is 6.04. The SMILES string of the molecule is C[C@@H]1O[C@@H](O[C@H]2[C@H](O[C@@H]3C[C@@H](O)CC4=CC[C@H]5C6=C(CC[C@@H]5[C@]43C)[C@H]3[C@H](O[C@@]4(OC[C@H](C)[C@@H](O)[C@@H]4O)[C@H]3C)C6=O)OC[C@H](O)[C@@H]2O[C@@H]2OC[C@@H](O)[C@H](O)[C@H]2O)[C@H](O)[C@H](O[C@@H]2OC[C@](O)(CO)[C@H]2O)[C@H]1O. The third-order valence-corrected chi connectivity index (χ3v) is 17.6. The summed E-state index contributed by atoms with van der Waals surface area (Å²) in [5.41, 5.74) is -0.418. The summed E-state index contributed by atoms with van der Waals surface area (Å²) in [7, 11) is 0. The first-order valence-electron chi connectivity index (χ1n) is 24.7. The molecule has 396 valence electrons. The number of hydrogen-bond acceptors (Lipinski definition) is 23. The van der Waals surface area contributed by atoms with Gasteiger partial charge in [-0.25, -0.2) is 0 Å². The van der Waals surface area contributed by atoms with Crippen molar-refractivity contribution >= 4 is 5.78 Å². The number of aliphatic hydroxyl groups excluding tert-OH is 11. The number of allylic oxidation sites excluding steroid dienone is 1. The third kappa shape index (κ3) is 8.14. The number of ketones is 1. The van der Waals surface area contributed by atoms with Crippen LogP contribution in [0.4, 0.5) is 0 Å². The molecule has 12 N–H and O–H groups in total. The molecule has 0 amide bonds. The summed E-state index contributed by atoms with van der Waals surface area (Å²) in [6.45, 7) is 4.99. The van der Waals surface area contributed by atoms with Gasteiger partial charge < -0.3 is 109 Å². The van der Waals surface area contributed by atoms with E-state index < -0.39 is 172 Å². The van der Waals surface area contributed by atoms with Crippen molar-refractivity contribution in [2.24, 2.45) is 35.0 Å². The maximum absolute atomic E-state index is 14.7.